The molecule has 1 saturated carbocycles. The largest absolute Gasteiger partial charge is 0.465 e. The van der Waals surface area contributed by atoms with Gasteiger partial charge in [0.25, 0.3) is 5.91 Å². The van der Waals surface area contributed by atoms with E-state index in [1.807, 2.05) is 0 Å². The molecule has 144 valence electrons. The summed E-state index contributed by atoms with van der Waals surface area (Å²) in [4.78, 5) is 46.2. The van der Waals surface area contributed by atoms with Crippen LogP contribution in [0.4, 0.5) is 4.79 Å². The lowest BCUT2D eigenvalue weighted by molar-refractivity contribution is -0.143. The number of rotatable bonds is 6. The normalized spacial score (nSPS) is 14.0. The maximum atomic E-state index is 11.6. The highest BCUT2D eigenvalue weighted by Gasteiger charge is 2.18. The molecule has 0 atom stereocenters. The van der Waals surface area contributed by atoms with Crippen molar-refractivity contribution < 1.29 is 28.7 Å². The van der Waals surface area contributed by atoms with Gasteiger partial charge in [-0.3, -0.25) is 10.1 Å². The van der Waals surface area contributed by atoms with Crippen LogP contribution in [-0.2, 0) is 19.1 Å². The fraction of sp³-hybridized carbons (Fsp3) is 0.368. The summed E-state index contributed by atoms with van der Waals surface area (Å²) in [5, 5.41) is 4.83. The van der Waals surface area contributed by atoms with Gasteiger partial charge in [-0.2, -0.15) is 0 Å². The zero-order chi connectivity index (χ0) is 19.6. The summed E-state index contributed by atoms with van der Waals surface area (Å²) in [6.07, 6.45) is 6.57. The van der Waals surface area contributed by atoms with Gasteiger partial charge in [0.05, 0.1) is 12.7 Å². The van der Waals surface area contributed by atoms with E-state index in [0.29, 0.717) is 11.1 Å². The molecule has 0 heterocycles. The first-order valence-corrected chi connectivity index (χ1v) is 8.61. The van der Waals surface area contributed by atoms with E-state index >= 15 is 0 Å². The van der Waals surface area contributed by atoms with Gasteiger partial charge in [-0.05, 0) is 36.6 Å². The molecule has 1 aliphatic rings. The number of nitrogens with one attached hydrogen (secondary N) is 2. The Hall–Kier alpha value is -3.16. The number of amides is 3. The number of esters is 2. The minimum absolute atomic E-state index is 0.0915. The fourth-order valence-electron chi connectivity index (χ4n) is 2.65. The highest BCUT2D eigenvalue weighted by Crippen LogP contribution is 2.17. The quantitative estimate of drug-likeness (QED) is 0.580. The van der Waals surface area contributed by atoms with Crippen molar-refractivity contribution in [3.8, 4) is 0 Å². The lowest BCUT2D eigenvalue weighted by atomic mass is 10.1. The Balaban J connectivity index is 1.71. The SMILES string of the molecule is COC(=O)c1ccc(/C=C/C(=O)OCC(=O)NC(=O)NC2CCCC2)cc1. The van der Waals surface area contributed by atoms with Crippen LogP contribution in [0.1, 0.15) is 41.6 Å². The predicted octanol–water partition coefficient (Wildman–Crippen LogP) is 1.80. The van der Waals surface area contributed by atoms with E-state index in [-0.39, 0.29) is 6.04 Å². The van der Waals surface area contributed by atoms with Crippen LogP contribution in [0.2, 0.25) is 0 Å². The molecular formula is C19H22N2O6. The van der Waals surface area contributed by atoms with Crippen LogP contribution in [0, 0.1) is 0 Å². The second-order valence-electron chi connectivity index (χ2n) is 6.06. The molecule has 2 rings (SSSR count). The summed E-state index contributed by atoms with van der Waals surface area (Å²) < 4.78 is 9.38. The summed E-state index contributed by atoms with van der Waals surface area (Å²) in [5.41, 5.74) is 1.06. The Kier molecular flexibility index (Phi) is 7.54. The summed E-state index contributed by atoms with van der Waals surface area (Å²) in [5.74, 6) is -1.87. The fourth-order valence-corrected chi connectivity index (χ4v) is 2.65. The maximum absolute atomic E-state index is 11.6. The molecule has 0 aliphatic heterocycles. The molecule has 1 aromatic rings. The van der Waals surface area contributed by atoms with E-state index in [0.717, 1.165) is 31.8 Å². The van der Waals surface area contributed by atoms with Crippen molar-refractivity contribution in [2.24, 2.45) is 0 Å². The molecule has 27 heavy (non-hydrogen) atoms. The van der Waals surface area contributed by atoms with Gasteiger partial charge in [0.1, 0.15) is 0 Å². The highest BCUT2D eigenvalue weighted by molar-refractivity contribution is 5.96. The van der Waals surface area contributed by atoms with Crippen molar-refractivity contribution in [3.63, 3.8) is 0 Å². The topological polar surface area (TPSA) is 111 Å². The number of benzene rings is 1. The lowest BCUT2D eigenvalue weighted by Crippen LogP contribution is -2.44. The zero-order valence-electron chi connectivity index (χ0n) is 15.0. The third-order valence-corrected chi connectivity index (χ3v) is 4.03. The first-order valence-electron chi connectivity index (χ1n) is 8.61. The van der Waals surface area contributed by atoms with Crippen molar-refractivity contribution in [2.45, 2.75) is 31.7 Å². The Labute approximate surface area is 156 Å². The molecule has 0 spiro atoms. The van der Waals surface area contributed by atoms with Gasteiger partial charge >= 0.3 is 18.0 Å². The molecule has 8 nitrogen and oxygen atoms in total. The summed E-state index contributed by atoms with van der Waals surface area (Å²) >= 11 is 0. The Morgan fingerprint density at radius 2 is 1.78 bits per heavy atom. The molecular weight excluding hydrogens is 352 g/mol. The number of hydrogen-bond acceptors (Lipinski definition) is 6. The number of methoxy groups -OCH3 is 1. The number of imide groups is 1. The third kappa shape index (κ3) is 6.93. The van der Waals surface area contributed by atoms with Crippen molar-refractivity contribution in [2.75, 3.05) is 13.7 Å². The van der Waals surface area contributed by atoms with Crippen LogP contribution in [0.5, 0.6) is 0 Å². The average molecular weight is 374 g/mol. The van der Waals surface area contributed by atoms with Crippen molar-refractivity contribution >= 4 is 30.0 Å². The summed E-state index contributed by atoms with van der Waals surface area (Å²) in [6.45, 7) is -0.553. The van der Waals surface area contributed by atoms with Crippen LogP contribution in [-0.4, -0.2) is 43.6 Å². The lowest BCUT2D eigenvalue weighted by Gasteiger charge is -2.12. The van der Waals surface area contributed by atoms with Gasteiger partial charge in [0, 0.05) is 12.1 Å². The van der Waals surface area contributed by atoms with Gasteiger partial charge in [-0.25, -0.2) is 14.4 Å². The Bertz CT molecular complexity index is 720. The van der Waals surface area contributed by atoms with Crippen LogP contribution in [0.15, 0.2) is 30.3 Å². The molecule has 1 aromatic carbocycles. The van der Waals surface area contributed by atoms with Gasteiger partial charge in [0.15, 0.2) is 6.61 Å². The molecule has 2 N–H and O–H groups in total. The Morgan fingerprint density at radius 1 is 1.11 bits per heavy atom. The minimum Gasteiger partial charge on any atom is -0.465 e. The standard InChI is InChI=1S/C19H22N2O6/c1-26-18(24)14-9-6-13(7-10-14)8-11-17(23)27-12-16(22)21-19(25)20-15-4-2-3-5-15/h6-11,15H,2-5,12H2,1H3,(H2,20,21,22,25)/b11-8+. The van der Waals surface area contributed by atoms with Gasteiger partial charge in [-0.1, -0.05) is 25.0 Å². The van der Waals surface area contributed by atoms with E-state index in [2.05, 4.69) is 15.4 Å². The first kappa shape index (κ1) is 20.2. The van der Waals surface area contributed by atoms with Gasteiger partial charge in [-0.15, -0.1) is 0 Å². The van der Waals surface area contributed by atoms with E-state index in [1.54, 1.807) is 24.3 Å². The maximum Gasteiger partial charge on any atom is 0.337 e. The predicted molar refractivity (Wildman–Crippen MR) is 96.7 cm³/mol. The zero-order valence-corrected chi connectivity index (χ0v) is 15.0. The second-order valence-corrected chi connectivity index (χ2v) is 6.06. The van der Waals surface area contributed by atoms with Gasteiger partial charge in [0.2, 0.25) is 0 Å². The van der Waals surface area contributed by atoms with Crippen LogP contribution in [0.3, 0.4) is 0 Å². The molecule has 1 aliphatic carbocycles. The molecule has 0 unspecified atom stereocenters. The van der Waals surface area contributed by atoms with E-state index in [1.165, 1.54) is 13.2 Å². The molecule has 0 saturated heterocycles. The average Bonchev–Trinajstić information content (AvgIpc) is 3.17. The summed E-state index contributed by atoms with van der Waals surface area (Å²) in [7, 11) is 1.29. The summed E-state index contributed by atoms with van der Waals surface area (Å²) in [6, 6.07) is 5.91. The Morgan fingerprint density at radius 3 is 2.41 bits per heavy atom. The van der Waals surface area contributed by atoms with Crippen molar-refractivity contribution in [1.29, 1.82) is 0 Å². The second kappa shape index (κ2) is 10.1. The van der Waals surface area contributed by atoms with Gasteiger partial charge < -0.3 is 14.8 Å². The smallest absolute Gasteiger partial charge is 0.337 e. The molecule has 8 heteroatoms. The number of ether oxygens (including phenoxy) is 2. The van der Waals surface area contributed by atoms with E-state index in [4.69, 9.17) is 4.74 Å². The van der Waals surface area contributed by atoms with E-state index in [9.17, 15) is 19.2 Å². The highest BCUT2D eigenvalue weighted by atomic mass is 16.5. The number of carbonyl (C=O) groups is 4. The van der Waals surface area contributed by atoms with Crippen LogP contribution < -0.4 is 10.6 Å². The minimum atomic E-state index is -0.724. The monoisotopic (exact) mass is 374 g/mol. The third-order valence-electron chi connectivity index (χ3n) is 4.03. The number of hydrogen-bond donors (Lipinski definition) is 2. The van der Waals surface area contributed by atoms with Crippen molar-refractivity contribution in [1.82, 2.24) is 10.6 Å². The van der Waals surface area contributed by atoms with Crippen LogP contribution in [0.25, 0.3) is 6.08 Å². The van der Waals surface area contributed by atoms with E-state index < -0.39 is 30.5 Å². The molecule has 0 bridgehead atoms. The van der Waals surface area contributed by atoms with Crippen molar-refractivity contribution in [3.05, 3.63) is 41.5 Å². The number of urea groups is 1. The number of carbonyl (C=O) groups excluding carboxylic acids is 4. The van der Waals surface area contributed by atoms with Crippen LogP contribution >= 0.6 is 0 Å². The molecule has 3 amide bonds. The molecule has 1 fully saturated rings. The molecule has 0 radical (unpaired) electrons. The first-order chi connectivity index (χ1) is 13.0. The molecule has 0 aromatic heterocycles.